The van der Waals surface area contributed by atoms with Crippen LogP contribution in [0.2, 0.25) is 0 Å². The topological polar surface area (TPSA) is 101 Å². The van der Waals surface area contributed by atoms with Crippen molar-refractivity contribution in [1.82, 2.24) is 9.88 Å². The quantitative estimate of drug-likeness (QED) is 0.748. The Kier molecular flexibility index (Phi) is 6.68. The zero-order valence-corrected chi connectivity index (χ0v) is 18.3. The van der Waals surface area contributed by atoms with Crippen molar-refractivity contribution in [3.8, 4) is 5.75 Å². The fraction of sp³-hybridized carbons (Fsp3) is 0.435. The molecule has 0 saturated heterocycles. The fourth-order valence-electron chi connectivity index (χ4n) is 3.54. The number of phenolic OH excluding ortho intramolecular Hbond substituents is 1. The lowest BCUT2D eigenvalue weighted by molar-refractivity contribution is 0.0635. The first-order chi connectivity index (χ1) is 14.7. The SMILES string of the molecule is CCOC(=O)N1CCc2nc(NC(=O)OC(C)(C)C)ccc2C1Cc1ccc(O)cc1. The number of fused-ring (bicyclic) bond motifs is 1. The summed E-state index contributed by atoms with van der Waals surface area (Å²) >= 11 is 0. The maximum atomic E-state index is 12.6. The lowest BCUT2D eigenvalue weighted by atomic mass is 9.92. The molecule has 0 bridgehead atoms. The number of amides is 2. The third-order valence-electron chi connectivity index (χ3n) is 4.83. The highest BCUT2D eigenvalue weighted by molar-refractivity contribution is 5.83. The average Bonchev–Trinajstić information content (AvgIpc) is 2.68. The summed E-state index contributed by atoms with van der Waals surface area (Å²) in [6.07, 6.45) is 0.161. The maximum Gasteiger partial charge on any atom is 0.413 e. The first kappa shape index (κ1) is 22.4. The summed E-state index contributed by atoms with van der Waals surface area (Å²) in [4.78, 5) is 31.0. The Morgan fingerprint density at radius 2 is 1.90 bits per heavy atom. The van der Waals surface area contributed by atoms with Gasteiger partial charge in [-0.3, -0.25) is 5.32 Å². The van der Waals surface area contributed by atoms with E-state index in [4.69, 9.17) is 9.47 Å². The van der Waals surface area contributed by atoms with E-state index in [1.165, 1.54) is 0 Å². The van der Waals surface area contributed by atoms with Crippen LogP contribution in [0.25, 0.3) is 0 Å². The van der Waals surface area contributed by atoms with Gasteiger partial charge in [0.15, 0.2) is 0 Å². The van der Waals surface area contributed by atoms with Crippen molar-refractivity contribution in [3.05, 3.63) is 53.2 Å². The van der Waals surface area contributed by atoms with Gasteiger partial charge in [-0.25, -0.2) is 14.6 Å². The number of hydrogen-bond acceptors (Lipinski definition) is 6. The van der Waals surface area contributed by atoms with Crippen LogP contribution in [0, 0.1) is 0 Å². The highest BCUT2D eigenvalue weighted by atomic mass is 16.6. The highest BCUT2D eigenvalue weighted by Gasteiger charge is 2.33. The number of carbonyl (C=O) groups excluding carboxylic acids is 2. The Morgan fingerprint density at radius 1 is 1.19 bits per heavy atom. The largest absolute Gasteiger partial charge is 0.508 e. The smallest absolute Gasteiger partial charge is 0.413 e. The molecule has 0 spiro atoms. The first-order valence-electron chi connectivity index (χ1n) is 10.4. The molecule has 1 atom stereocenters. The standard InChI is InChI=1S/C23H29N3O5/c1-5-30-22(29)26-13-12-18-17(19(26)14-15-6-8-16(27)9-7-15)10-11-20(24-18)25-21(28)31-23(2,3)4/h6-11,19,27H,5,12-14H2,1-4H3,(H,24,25,28). The molecule has 0 saturated carbocycles. The summed E-state index contributed by atoms with van der Waals surface area (Å²) in [5.74, 6) is 0.593. The molecule has 2 amide bonds. The zero-order valence-electron chi connectivity index (χ0n) is 18.3. The molecular weight excluding hydrogens is 398 g/mol. The third kappa shape index (κ3) is 5.87. The van der Waals surface area contributed by atoms with Crippen LogP contribution in [0.3, 0.4) is 0 Å². The number of anilines is 1. The van der Waals surface area contributed by atoms with E-state index in [1.807, 2.05) is 18.2 Å². The van der Waals surface area contributed by atoms with Crippen LogP contribution >= 0.6 is 0 Å². The summed E-state index contributed by atoms with van der Waals surface area (Å²) in [5.41, 5.74) is 2.09. The zero-order chi connectivity index (χ0) is 22.6. The van der Waals surface area contributed by atoms with Crippen molar-refractivity contribution < 1.29 is 24.2 Å². The third-order valence-corrected chi connectivity index (χ3v) is 4.83. The average molecular weight is 428 g/mol. The van der Waals surface area contributed by atoms with Crippen molar-refractivity contribution in [2.24, 2.45) is 0 Å². The molecule has 1 aliphatic heterocycles. The molecule has 0 radical (unpaired) electrons. The fourth-order valence-corrected chi connectivity index (χ4v) is 3.54. The molecule has 3 rings (SSSR count). The molecule has 2 heterocycles. The predicted molar refractivity (Wildman–Crippen MR) is 116 cm³/mol. The van der Waals surface area contributed by atoms with Gasteiger partial charge in [0.2, 0.25) is 0 Å². The van der Waals surface area contributed by atoms with E-state index in [0.717, 1.165) is 16.8 Å². The molecule has 31 heavy (non-hydrogen) atoms. The second-order valence-corrected chi connectivity index (χ2v) is 8.39. The van der Waals surface area contributed by atoms with Crippen LogP contribution in [0.15, 0.2) is 36.4 Å². The number of aromatic hydroxyl groups is 1. The molecule has 1 aromatic heterocycles. The molecule has 8 heteroatoms. The predicted octanol–water partition coefficient (Wildman–Crippen LogP) is 4.43. The molecule has 1 unspecified atom stereocenters. The van der Waals surface area contributed by atoms with Gasteiger partial charge in [-0.1, -0.05) is 18.2 Å². The molecule has 1 aromatic carbocycles. The molecule has 1 aliphatic rings. The van der Waals surface area contributed by atoms with Gasteiger partial charge in [0, 0.05) is 18.7 Å². The Morgan fingerprint density at radius 3 is 2.55 bits per heavy atom. The number of carbonyl (C=O) groups is 2. The van der Waals surface area contributed by atoms with Gasteiger partial charge in [-0.2, -0.15) is 0 Å². The van der Waals surface area contributed by atoms with E-state index in [9.17, 15) is 14.7 Å². The van der Waals surface area contributed by atoms with Crippen LogP contribution in [0.4, 0.5) is 15.4 Å². The molecule has 0 fully saturated rings. The minimum atomic E-state index is -0.604. The first-order valence-corrected chi connectivity index (χ1v) is 10.4. The summed E-state index contributed by atoms with van der Waals surface area (Å²) in [5, 5.41) is 12.2. The van der Waals surface area contributed by atoms with Crippen molar-refractivity contribution in [3.63, 3.8) is 0 Å². The van der Waals surface area contributed by atoms with Gasteiger partial charge in [0.05, 0.1) is 12.6 Å². The molecule has 0 aliphatic carbocycles. The van der Waals surface area contributed by atoms with E-state index in [1.54, 1.807) is 50.8 Å². The summed E-state index contributed by atoms with van der Waals surface area (Å²) in [7, 11) is 0. The normalized spacial score (nSPS) is 15.7. The van der Waals surface area contributed by atoms with Gasteiger partial charge < -0.3 is 19.5 Å². The number of benzene rings is 1. The minimum absolute atomic E-state index is 0.189. The Balaban J connectivity index is 1.86. The van der Waals surface area contributed by atoms with Gasteiger partial charge in [-0.15, -0.1) is 0 Å². The minimum Gasteiger partial charge on any atom is -0.508 e. The number of hydrogen-bond donors (Lipinski definition) is 2. The van der Waals surface area contributed by atoms with E-state index < -0.39 is 11.7 Å². The monoisotopic (exact) mass is 427 g/mol. The van der Waals surface area contributed by atoms with Gasteiger partial charge >= 0.3 is 12.2 Å². The number of rotatable bonds is 4. The van der Waals surface area contributed by atoms with Crippen molar-refractivity contribution in [2.75, 3.05) is 18.5 Å². The summed E-state index contributed by atoms with van der Waals surface area (Å²) in [6, 6.07) is 10.2. The lowest BCUT2D eigenvalue weighted by Gasteiger charge is -2.36. The van der Waals surface area contributed by atoms with Crippen LogP contribution in [-0.2, 0) is 22.3 Å². The number of ether oxygens (including phenoxy) is 2. The number of nitrogens with one attached hydrogen (secondary N) is 1. The molecule has 2 N–H and O–H groups in total. The molecule has 2 aromatic rings. The second kappa shape index (κ2) is 9.24. The molecule has 166 valence electrons. The Labute approximate surface area is 182 Å². The van der Waals surface area contributed by atoms with Crippen LogP contribution in [-0.4, -0.2) is 45.9 Å². The number of phenols is 1. The Hall–Kier alpha value is -3.29. The van der Waals surface area contributed by atoms with Crippen molar-refractivity contribution in [2.45, 2.75) is 52.2 Å². The van der Waals surface area contributed by atoms with E-state index in [-0.39, 0.29) is 17.9 Å². The van der Waals surface area contributed by atoms with Crippen LogP contribution in [0.5, 0.6) is 5.75 Å². The lowest BCUT2D eigenvalue weighted by Crippen LogP contribution is -2.41. The Bertz CT molecular complexity index is 937. The second-order valence-electron chi connectivity index (χ2n) is 8.39. The van der Waals surface area contributed by atoms with E-state index in [2.05, 4.69) is 10.3 Å². The molecular formula is C23H29N3O5. The van der Waals surface area contributed by atoms with E-state index in [0.29, 0.717) is 31.8 Å². The number of pyridine rings is 1. The number of nitrogens with zero attached hydrogens (tertiary/aromatic N) is 2. The summed E-state index contributed by atoms with van der Waals surface area (Å²) in [6.45, 7) is 7.92. The van der Waals surface area contributed by atoms with Gasteiger partial charge in [0.1, 0.15) is 17.2 Å². The summed E-state index contributed by atoms with van der Waals surface area (Å²) < 4.78 is 10.6. The van der Waals surface area contributed by atoms with Gasteiger partial charge in [0.25, 0.3) is 0 Å². The molecule has 8 nitrogen and oxygen atoms in total. The maximum absolute atomic E-state index is 12.6. The van der Waals surface area contributed by atoms with Crippen molar-refractivity contribution >= 4 is 18.0 Å². The van der Waals surface area contributed by atoms with Crippen LogP contribution in [0.1, 0.15) is 50.6 Å². The highest BCUT2D eigenvalue weighted by Crippen LogP contribution is 2.33. The van der Waals surface area contributed by atoms with E-state index >= 15 is 0 Å². The number of aromatic nitrogens is 1. The van der Waals surface area contributed by atoms with Crippen LogP contribution < -0.4 is 5.32 Å². The van der Waals surface area contributed by atoms with Gasteiger partial charge in [-0.05, 0) is 63.4 Å². The van der Waals surface area contributed by atoms with Crippen molar-refractivity contribution in [1.29, 1.82) is 0 Å².